The van der Waals surface area contributed by atoms with E-state index in [4.69, 9.17) is 0 Å². The largest absolute Gasteiger partial charge is 0.380 e. The third-order valence-electron chi connectivity index (χ3n) is 7.23. The molecular formula is C26H30N4O3. The summed E-state index contributed by atoms with van der Waals surface area (Å²) in [7, 11) is 0. The molecule has 0 unspecified atom stereocenters. The maximum atomic E-state index is 13.5. The number of rotatable bonds is 4. The molecule has 1 aliphatic heterocycles. The molecule has 1 saturated carbocycles. The molecule has 33 heavy (non-hydrogen) atoms. The normalized spacial score (nSPS) is 22.8. The van der Waals surface area contributed by atoms with Gasteiger partial charge in [0, 0.05) is 25.2 Å². The average molecular weight is 447 g/mol. The Balaban J connectivity index is 1.40. The van der Waals surface area contributed by atoms with E-state index >= 15 is 0 Å². The highest BCUT2D eigenvalue weighted by Crippen LogP contribution is 2.32. The molecule has 2 aromatic heterocycles. The first kappa shape index (κ1) is 21.6. The van der Waals surface area contributed by atoms with Crippen molar-refractivity contribution in [1.82, 2.24) is 19.6 Å². The number of imidazole rings is 1. The molecule has 0 spiro atoms. The van der Waals surface area contributed by atoms with E-state index in [0.29, 0.717) is 31.5 Å². The number of hydrogen-bond acceptors (Lipinski definition) is 4. The Morgan fingerprint density at radius 1 is 1.06 bits per heavy atom. The van der Waals surface area contributed by atoms with Gasteiger partial charge < -0.3 is 19.7 Å². The molecule has 7 heteroatoms. The van der Waals surface area contributed by atoms with Crippen LogP contribution in [0.1, 0.15) is 60.4 Å². The molecule has 2 amide bonds. The third-order valence-corrected chi connectivity index (χ3v) is 7.23. The number of aromatic nitrogens is 2. The fraction of sp³-hybridized carbons (Fsp3) is 0.423. The van der Waals surface area contributed by atoms with Gasteiger partial charge in [-0.25, -0.2) is 4.98 Å². The summed E-state index contributed by atoms with van der Waals surface area (Å²) in [6.07, 6.45) is 9.74. The topological polar surface area (TPSA) is 86.9 Å². The zero-order chi connectivity index (χ0) is 22.8. The van der Waals surface area contributed by atoms with Crippen molar-refractivity contribution < 1.29 is 14.7 Å². The predicted molar refractivity (Wildman–Crippen MR) is 125 cm³/mol. The van der Waals surface area contributed by atoms with E-state index in [-0.39, 0.29) is 23.8 Å². The highest BCUT2D eigenvalue weighted by Gasteiger charge is 2.41. The van der Waals surface area contributed by atoms with Gasteiger partial charge in [0.15, 0.2) is 0 Å². The summed E-state index contributed by atoms with van der Waals surface area (Å²) in [4.78, 5) is 32.6. The Kier molecular flexibility index (Phi) is 5.89. The SMILES string of the molecule is O=C(c1cccn2cncc12)N1CC[C@@H](c2ccccc2)[C@H](NC(=O)C2(O)CCCCC2)C1. The van der Waals surface area contributed by atoms with Crippen molar-refractivity contribution in [3.63, 3.8) is 0 Å². The molecule has 1 aliphatic carbocycles. The summed E-state index contributed by atoms with van der Waals surface area (Å²) in [5, 5.41) is 14.1. The fourth-order valence-corrected chi connectivity index (χ4v) is 5.35. The van der Waals surface area contributed by atoms with Crippen LogP contribution < -0.4 is 5.32 Å². The monoisotopic (exact) mass is 446 g/mol. The number of fused-ring (bicyclic) bond motifs is 1. The zero-order valence-corrected chi connectivity index (χ0v) is 18.7. The zero-order valence-electron chi connectivity index (χ0n) is 18.7. The Labute approximate surface area is 193 Å². The van der Waals surface area contributed by atoms with Gasteiger partial charge in [-0.3, -0.25) is 9.59 Å². The Morgan fingerprint density at radius 2 is 1.85 bits per heavy atom. The van der Waals surface area contributed by atoms with E-state index in [2.05, 4.69) is 22.4 Å². The number of carbonyl (C=O) groups excluding carboxylic acids is 2. The Bertz CT molecular complexity index is 1140. The van der Waals surface area contributed by atoms with E-state index in [9.17, 15) is 14.7 Å². The lowest BCUT2D eigenvalue weighted by molar-refractivity contribution is -0.144. The lowest BCUT2D eigenvalue weighted by Crippen LogP contribution is -2.58. The van der Waals surface area contributed by atoms with Crippen molar-refractivity contribution in [2.75, 3.05) is 13.1 Å². The molecule has 2 aliphatic rings. The van der Waals surface area contributed by atoms with Crippen molar-refractivity contribution in [2.45, 2.75) is 56.1 Å². The Hall–Kier alpha value is -3.19. The van der Waals surface area contributed by atoms with Gasteiger partial charge in [-0.05, 0) is 37.0 Å². The quantitative estimate of drug-likeness (QED) is 0.645. The molecule has 2 N–H and O–H groups in total. The summed E-state index contributed by atoms with van der Waals surface area (Å²) in [6, 6.07) is 13.5. The second kappa shape index (κ2) is 8.98. The number of hydrogen-bond donors (Lipinski definition) is 2. The van der Waals surface area contributed by atoms with E-state index in [1.54, 1.807) is 12.5 Å². The van der Waals surface area contributed by atoms with Crippen LogP contribution in [-0.4, -0.2) is 55.9 Å². The second-order valence-corrected chi connectivity index (χ2v) is 9.34. The van der Waals surface area contributed by atoms with Crippen molar-refractivity contribution >= 4 is 17.3 Å². The summed E-state index contributed by atoms with van der Waals surface area (Å²) < 4.78 is 1.84. The molecule has 1 saturated heterocycles. The third kappa shape index (κ3) is 4.25. The molecule has 5 rings (SSSR count). The summed E-state index contributed by atoms with van der Waals surface area (Å²) in [5.74, 6) is -0.291. The highest BCUT2D eigenvalue weighted by atomic mass is 16.3. The molecule has 7 nitrogen and oxygen atoms in total. The first-order valence-electron chi connectivity index (χ1n) is 11.8. The molecular weight excluding hydrogens is 416 g/mol. The van der Waals surface area contributed by atoms with Gasteiger partial charge in [-0.1, -0.05) is 49.6 Å². The van der Waals surface area contributed by atoms with Gasteiger partial charge >= 0.3 is 0 Å². The number of aliphatic hydroxyl groups is 1. The van der Waals surface area contributed by atoms with Crippen LogP contribution >= 0.6 is 0 Å². The van der Waals surface area contributed by atoms with Crippen molar-refractivity contribution in [3.05, 3.63) is 72.3 Å². The standard InChI is InChI=1S/C26H30N4O3/c31-24(21-10-7-14-30-18-27-16-23(21)30)29-15-11-20(19-8-3-1-4-9-19)22(17-29)28-25(32)26(33)12-5-2-6-13-26/h1,3-4,7-10,14,16,18,20,22,33H,2,5-6,11-13,15,17H2,(H,28,32)/t20-,22+/m0/s1. The van der Waals surface area contributed by atoms with Crippen LogP contribution in [0.4, 0.5) is 0 Å². The minimum atomic E-state index is -1.31. The average Bonchev–Trinajstić information content (AvgIpc) is 3.34. The van der Waals surface area contributed by atoms with Gasteiger partial charge in [0.1, 0.15) is 5.60 Å². The fourth-order valence-electron chi connectivity index (χ4n) is 5.35. The number of amides is 2. The van der Waals surface area contributed by atoms with Crippen molar-refractivity contribution in [3.8, 4) is 0 Å². The number of carbonyl (C=O) groups is 2. The van der Waals surface area contributed by atoms with Gasteiger partial charge in [0.05, 0.1) is 29.6 Å². The van der Waals surface area contributed by atoms with Crippen LogP contribution in [0, 0.1) is 0 Å². The smallest absolute Gasteiger partial charge is 0.256 e. The summed E-state index contributed by atoms with van der Waals surface area (Å²) >= 11 is 0. The van der Waals surface area contributed by atoms with Crippen LogP contribution in [0.5, 0.6) is 0 Å². The molecule has 1 aromatic carbocycles. The van der Waals surface area contributed by atoms with E-state index in [1.807, 2.05) is 45.8 Å². The van der Waals surface area contributed by atoms with E-state index in [1.165, 1.54) is 0 Å². The van der Waals surface area contributed by atoms with Gasteiger partial charge in [-0.2, -0.15) is 0 Å². The molecule has 3 heterocycles. The molecule has 3 aromatic rings. The Morgan fingerprint density at radius 3 is 2.64 bits per heavy atom. The van der Waals surface area contributed by atoms with Gasteiger partial charge in [-0.15, -0.1) is 0 Å². The molecule has 0 radical (unpaired) electrons. The molecule has 172 valence electrons. The lowest BCUT2D eigenvalue weighted by atomic mass is 9.82. The number of pyridine rings is 1. The van der Waals surface area contributed by atoms with E-state index < -0.39 is 5.60 Å². The minimum Gasteiger partial charge on any atom is -0.380 e. The summed E-state index contributed by atoms with van der Waals surface area (Å²) in [5.41, 5.74) is 1.20. The summed E-state index contributed by atoms with van der Waals surface area (Å²) in [6.45, 7) is 1.000. The van der Waals surface area contributed by atoms with Crippen LogP contribution in [-0.2, 0) is 4.79 Å². The maximum Gasteiger partial charge on any atom is 0.256 e. The molecule has 2 atom stereocenters. The van der Waals surface area contributed by atoms with Gasteiger partial charge in [0.2, 0.25) is 0 Å². The van der Waals surface area contributed by atoms with Crippen molar-refractivity contribution in [1.29, 1.82) is 0 Å². The van der Waals surface area contributed by atoms with Gasteiger partial charge in [0.25, 0.3) is 11.8 Å². The first-order chi connectivity index (χ1) is 16.0. The molecule has 2 fully saturated rings. The van der Waals surface area contributed by atoms with Crippen LogP contribution in [0.25, 0.3) is 5.52 Å². The number of piperidine rings is 1. The number of benzene rings is 1. The maximum absolute atomic E-state index is 13.5. The lowest BCUT2D eigenvalue weighted by Gasteiger charge is -2.41. The van der Waals surface area contributed by atoms with Crippen LogP contribution in [0.15, 0.2) is 61.2 Å². The number of likely N-dealkylation sites (tertiary alicyclic amines) is 1. The number of nitrogens with zero attached hydrogens (tertiary/aromatic N) is 3. The predicted octanol–water partition coefficient (Wildman–Crippen LogP) is 3.14. The first-order valence-corrected chi connectivity index (χ1v) is 11.8. The second-order valence-electron chi connectivity index (χ2n) is 9.34. The highest BCUT2D eigenvalue weighted by molar-refractivity contribution is 6.00. The van der Waals surface area contributed by atoms with Crippen LogP contribution in [0.3, 0.4) is 0 Å². The minimum absolute atomic E-state index is 0.0664. The van der Waals surface area contributed by atoms with Crippen LogP contribution in [0.2, 0.25) is 0 Å². The van der Waals surface area contributed by atoms with E-state index in [0.717, 1.165) is 36.8 Å². The number of nitrogens with one attached hydrogen (secondary N) is 1. The molecule has 0 bridgehead atoms. The van der Waals surface area contributed by atoms with Crippen molar-refractivity contribution in [2.24, 2.45) is 0 Å².